The number of aryl methyl sites for hydroxylation is 1. The first-order valence-electron chi connectivity index (χ1n) is 5.07. The van der Waals surface area contributed by atoms with E-state index in [1.807, 2.05) is 4.68 Å². The van der Waals surface area contributed by atoms with Crippen LogP contribution in [0, 0.1) is 5.92 Å². The largest absolute Gasteiger partial charge is 0.258 e. The molecule has 0 aliphatic carbocycles. The molecule has 0 aromatic carbocycles. The predicted octanol–water partition coefficient (Wildman–Crippen LogP) is 1.02. The highest BCUT2D eigenvalue weighted by Crippen LogP contribution is 2.22. The monoisotopic (exact) mass is 238 g/mol. The molecule has 0 aliphatic heterocycles. The molecule has 0 saturated carbocycles. The molecular weight excluding hydrogens is 224 g/mol. The fraction of sp³-hybridized carbons (Fsp3) is 0.556. The molecule has 0 fully saturated rings. The van der Waals surface area contributed by atoms with E-state index in [4.69, 9.17) is 0 Å². The maximum Gasteiger partial charge on any atom is 0.209 e. The highest BCUT2D eigenvalue weighted by molar-refractivity contribution is 7.80. The van der Waals surface area contributed by atoms with Crippen molar-refractivity contribution >= 4 is 12.6 Å². The minimum Gasteiger partial charge on any atom is -0.258 e. The second kappa shape index (κ2) is 4.25. The summed E-state index contributed by atoms with van der Waals surface area (Å²) in [5.41, 5.74) is 0.817. The average molecular weight is 238 g/mol. The van der Waals surface area contributed by atoms with Crippen molar-refractivity contribution in [3.05, 3.63) is 6.20 Å². The van der Waals surface area contributed by atoms with Crippen LogP contribution in [0.2, 0.25) is 0 Å². The van der Waals surface area contributed by atoms with Crippen LogP contribution in [-0.4, -0.2) is 30.0 Å². The van der Waals surface area contributed by atoms with Gasteiger partial charge in [-0.15, -0.1) is 22.8 Å². The number of nitrogens with zero attached hydrogens (tertiary/aromatic N) is 6. The molecule has 0 spiro atoms. The van der Waals surface area contributed by atoms with Gasteiger partial charge in [0, 0.05) is 6.54 Å². The van der Waals surface area contributed by atoms with Crippen LogP contribution in [0.3, 0.4) is 0 Å². The Balaban J connectivity index is 2.33. The summed E-state index contributed by atoms with van der Waals surface area (Å²) in [7, 11) is 1.73. The van der Waals surface area contributed by atoms with Crippen LogP contribution in [0.4, 0.5) is 0 Å². The van der Waals surface area contributed by atoms with Gasteiger partial charge in [0.2, 0.25) is 5.82 Å². The van der Waals surface area contributed by atoms with Gasteiger partial charge in [0.1, 0.15) is 5.03 Å². The zero-order valence-corrected chi connectivity index (χ0v) is 10.4. The van der Waals surface area contributed by atoms with Crippen molar-refractivity contribution in [3.63, 3.8) is 0 Å². The summed E-state index contributed by atoms with van der Waals surface area (Å²) in [5.74, 6) is 1.08. The lowest BCUT2D eigenvalue weighted by Crippen LogP contribution is -2.06. The molecule has 0 aliphatic rings. The van der Waals surface area contributed by atoms with E-state index in [9.17, 15) is 0 Å². The Hall–Kier alpha value is -1.37. The molecule has 2 rings (SSSR count). The molecule has 2 aromatic heterocycles. The maximum absolute atomic E-state index is 4.44. The van der Waals surface area contributed by atoms with Crippen molar-refractivity contribution in [1.29, 1.82) is 0 Å². The van der Waals surface area contributed by atoms with Gasteiger partial charge in [-0.05, 0) is 11.1 Å². The van der Waals surface area contributed by atoms with E-state index < -0.39 is 0 Å². The Morgan fingerprint density at radius 1 is 1.44 bits per heavy atom. The van der Waals surface area contributed by atoms with Gasteiger partial charge in [0.15, 0.2) is 0 Å². The molecule has 0 N–H and O–H groups in total. The minimum absolute atomic E-state index is 0.522. The zero-order valence-electron chi connectivity index (χ0n) is 9.49. The minimum atomic E-state index is 0.522. The fourth-order valence-corrected chi connectivity index (χ4v) is 1.70. The van der Waals surface area contributed by atoms with E-state index in [1.165, 1.54) is 4.80 Å². The number of hydrogen-bond acceptors (Lipinski definition) is 5. The van der Waals surface area contributed by atoms with Crippen LogP contribution in [0.1, 0.15) is 13.8 Å². The Bertz CT molecular complexity index is 486. The first kappa shape index (κ1) is 11.1. The second-order valence-corrected chi connectivity index (χ2v) is 4.48. The van der Waals surface area contributed by atoms with Gasteiger partial charge in [0.25, 0.3) is 0 Å². The summed E-state index contributed by atoms with van der Waals surface area (Å²) in [6, 6.07) is 0. The Labute approximate surface area is 99.1 Å². The lowest BCUT2D eigenvalue weighted by Gasteiger charge is -2.06. The first-order valence-corrected chi connectivity index (χ1v) is 5.51. The number of aromatic nitrogens is 6. The molecule has 2 aromatic rings. The van der Waals surface area contributed by atoms with Gasteiger partial charge in [-0.3, -0.25) is 4.68 Å². The molecule has 0 amide bonds. The molecule has 86 valence electrons. The van der Waals surface area contributed by atoms with E-state index in [2.05, 4.69) is 47.0 Å². The lowest BCUT2D eigenvalue weighted by molar-refractivity contribution is 0.457. The Morgan fingerprint density at radius 2 is 2.19 bits per heavy atom. The quantitative estimate of drug-likeness (QED) is 0.811. The van der Waals surface area contributed by atoms with E-state index in [0.29, 0.717) is 11.7 Å². The highest BCUT2D eigenvalue weighted by atomic mass is 32.1. The third-order valence-corrected chi connectivity index (χ3v) is 2.57. The SMILES string of the molecule is CC(C)Cn1ncc(-c2nnn(C)n2)c1S. The summed E-state index contributed by atoms with van der Waals surface area (Å²) in [6.07, 6.45) is 1.72. The number of hydrogen-bond donors (Lipinski definition) is 1. The van der Waals surface area contributed by atoms with E-state index in [-0.39, 0.29) is 0 Å². The van der Waals surface area contributed by atoms with Crippen molar-refractivity contribution in [3.8, 4) is 11.4 Å². The molecule has 0 radical (unpaired) electrons. The molecule has 7 heteroatoms. The summed E-state index contributed by atoms with van der Waals surface area (Å²) in [6.45, 7) is 5.10. The molecular formula is C9H14N6S. The topological polar surface area (TPSA) is 61.4 Å². The van der Waals surface area contributed by atoms with Crippen molar-refractivity contribution in [2.75, 3.05) is 0 Å². The third kappa shape index (κ3) is 2.08. The Morgan fingerprint density at radius 3 is 2.75 bits per heavy atom. The van der Waals surface area contributed by atoms with Crippen LogP contribution < -0.4 is 0 Å². The zero-order chi connectivity index (χ0) is 11.7. The van der Waals surface area contributed by atoms with Crippen molar-refractivity contribution in [2.24, 2.45) is 13.0 Å². The van der Waals surface area contributed by atoms with Gasteiger partial charge < -0.3 is 0 Å². The van der Waals surface area contributed by atoms with Crippen molar-refractivity contribution < 1.29 is 0 Å². The van der Waals surface area contributed by atoms with Crippen LogP contribution in [0.25, 0.3) is 11.4 Å². The average Bonchev–Trinajstić information content (AvgIpc) is 2.74. The van der Waals surface area contributed by atoms with Gasteiger partial charge in [0.05, 0.1) is 18.8 Å². The molecule has 6 nitrogen and oxygen atoms in total. The fourth-order valence-electron chi connectivity index (χ4n) is 1.41. The first-order chi connectivity index (χ1) is 7.58. The Kier molecular flexibility index (Phi) is 2.95. The van der Waals surface area contributed by atoms with Crippen LogP contribution in [-0.2, 0) is 13.6 Å². The van der Waals surface area contributed by atoms with E-state index in [1.54, 1.807) is 13.2 Å². The van der Waals surface area contributed by atoms with Crippen molar-refractivity contribution in [2.45, 2.75) is 25.4 Å². The molecule has 0 bridgehead atoms. The molecule has 2 heterocycles. The van der Waals surface area contributed by atoms with Crippen LogP contribution >= 0.6 is 12.6 Å². The second-order valence-electron chi connectivity index (χ2n) is 4.06. The van der Waals surface area contributed by atoms with Gasteiger partial charge >= 0.3 is 0 Å². The van der Waals surface area contributed by atoms with Gasteiger partial charge in [-0.1, -0.05) is 13.8 Å². The number of tetrazole rings is 1. The summed E-state index contributed by atoms with van der Waals surface area (Å²) in [5, 5.41) is 16.9. The maximum atomic E-state index is 4.44. The summed E-state index contributed by atoms with van der Waals surface area (Å²) < 4.78 is 1.85. The van der Waals surface area contributed by atoms with Crippen LogP contribution in [0.5, 0.6) is 0 Å². The number of rotatable bonds is 3. The summed E-state index contributed by atoms with van der Waals surface area (Å²) >= 11 is 4.44. The van der Waals surface area contributed by atoms with Crippen molar-refractivity contribution in [1.82, 2.24) is 30.0 Å². The number of thiol groups is 1. The van der Waals surface area contributed by atoms with E-state index in [0.717, 1.165) is 17.1 Å². The third-order valence-electron chi connectivity index (χ3n) is 2.10. The van der Waals surface area contributed by atoms with E-state index >= 15 is 0 Å². The molecule has 0 saturated heterocycles. The summed E-state index contributed by atoms with van der Waals surface area (Å²) in [4.78, 5) is 1.42. The smallest absolute Gasteiger partial charge is 0.209 e. The van der Waals surface area contributed by atoms with Gasteiger partial charge in [-0.2, -0.15) is 9.90 Å². The molecule has 0 atom stereocenters. The highest BCUT2D eigenvalue weighted by Gasteiger charge is 2.14. The normalized spacial score (nSPS) is 11.3. The predicted molar refractivity (Wildman–Crippen MR) is 62.1 cm³/mol. The lowest BCUT2D eigenvalue weighted by atomic mass is 10.2. The van der Waals surface area contributed by atoms with Crippen LogP contribution in [0.15, 0.2) is 11.2 Å². The molecule has 16 heavy (non-hydrogen) atoms. The standard InChI is InChI=1S/C9H14N6S/c1-6(2)5-15-9(16)7(4-10-15)8-11-13-14(3)12-8/h4,6,16H,5H2,1-3H3. The van der Waals surface area contributed by atoms with Gasteiger partial charge in [-0.25, -0.2) is 0 Å². The molecule has 0 unspecified atom stereocenters.